The average molecular weight is 198 g/mol. The van der Waals surface area contributed by atoms with Crippen LogP contribution < -0.4 is 16.4 Å². The summed E-state index contributed by atoms with van der Waals surface area (Å²) in [5.74, 6) is 0.380. The summed E-state index contributed by atoms with van der Waals surface area (Å²) in [5, 5.41) is 9.39. The highest BCUT2D eigenvalue weighted by Crippen LogP contribution is 2.11. The van der Waals surface area contributed by atoms with Crippen LogP contribution in [0.1, 0.15) is 13.8 Å². The van der Waals surface area contributed by atoms with Crippen molar-refractivity contribution >= 4 is 17.8 Å². The molecule has 1 atom stereocenters. The lowest BCUT2D eigenvalue weighted by Crippen LogP contribution is -2.34. The van der Waals surface area contributed by atoms with Crippen LogP contribution in [-0.2, 0) is 0 Å². The summed E-state index contributed by atoms with van der Waals surface area (Å²) in [7, 11) is 0. The Kier molecular flexibility index (Phi) is 3.03. The lowest BCUT2D eigenvalue weighted by atomic mass is 10.5. The van der Waals surface area contributed by atoms with Gasteiger partial charge in [-0.1, -0.05) is 0 Å². The Morgan fingerprint density at radius 3 is 2.14 bits per heavy atom. The molecule has 7 nitrogen and oxygen atoms in total. The third kappa shape index (κ3) is 2.19. The monoisotopic (exact) mass is 198 g/mol. The molecule has 14 heavy (non-hydrogen) atoms. The van der Waals surface area contributed by atoms with Crippen LogP contribution >= 0.6 is 0 Å². The fourth-order valence-electron chi connectivity index (χ4n) is 1.10. The van der Waals surface area contributed by atoms with E-state index in [1.165, 1.54) is 0 Å². The Morgan fingerprint density at radius 2 is 1.79 bits per heavy atom. The number of hydrogen-bond acceptors (Lipinski definition) is 7. The highest BCUT2D eigenvalue weighted by atomic mass is 16.3. The molecule has 0 bridgehead atoms. The zero-order valence-corrected chi connectivity index (χ0v) is 8.18. The SMILES string of the molecule is CCN(c1nc(N)nc(N)n1)C(C)O. The highest BCUT2D eigenvalue weighted by Gasteiger charge is 2.13. The van der Waals surface area contributed by atoms with E-state index in [4.69, 9.17) is 11.5 Å². The molecule has 1 heterocycles. The highest BCUT2D eigenvalue weighted by molar-refractivity contribution is 5.39. The Balaban J connectivity index is 3.04. The summed E-state index contributed by atoms with van der Waals surface area (Å²) in [6, 6.07) is 0. The summed E-state index contributed by atoms with van der Waals surface area (Å²) in [6.07, 6.45) is -0.693. The minimum absolute atomic E-state index is 0.0478. The van der Waals surface area contributed by atoms with Crippen molar-refractivity contribution in [1.29, 1.82) is 0 Å². The van der Waals surface area contributed by atoms with Crippen LogP contribution in [0.4, 0.5) is 17.8 Å². The molecule has 0 aromatic carbocycles. The van der Waals surface area contributed by atoms with Crippen LogP contribution in [0.25, 0.3) is 0 Å². The predicted molar refractivity (Wildman–Crippen MR) is 53.4 cm³/mol. The molecule has 5 N–H and O–H groups in total. The maximum atomic E-state index is 9.39. The molecule has 0 fully saturated rings. The van der Waals surface area contributed by atoms with Gasteiger partial charge in [-0.2, -0.15) is 15.0 Å². The van der Waals surface area contributed by atoms with Crippen molar-refractivity contribution in [2.24, 2.45) is 0 Å². The van der Waals surface area contributed by atoms with Gasteiger partial charge in [-0.15, -0.1) is 0 Å². The molecule has 0 aliphatic rings. The van der Waals surface area contributed by atoms with Crippen molar-refractivity contribution in [3.05, 3.63) is 0 Å². The molecule has 0 aliphatic heterocycles. The lowest BCUT2D eigenvalue weighted by molar-refractivity contribution is 0.188. The molecular weight excluding hydrogens is 184 g/mol. The van der Waals surface area contributed by atoms with E-state index >= 15 is 0 Å². The standard InChI is InChI=1S/C7H14N6O/c1-3-13(4(2)14)7-11-5(8)10-6(9)12-7/h4,14H,3H2,1-2H3,(H4,8,9,10,11,12). The van der Waals surface area contributed by atoms with E-state index in [1.54, 1.807) is 11.8 Å². The van der Waals surface area contributed by atoms with E-state index in [-0.39, 0.29) is 17.8 Å². The van der Waals surface area contributed by atoms with Gasteiger partial charge in [0.1, 0.15) is 6.23 Å². The van der Waals surface area contributed by atoms with Gasteiger partial charge in [0.15, 0.2) is 0 Å². The maximum Gasteiger partial charge on any atom is 0.233 e. The first-order valence-corrected chi connectivity index (χ1v) is 4.26. The van der Waals surface area contributed by atoms with Crippen LogP contribution in [0.15, 0.2) is 0 Å². The number of aliphatic hydroxyl groups excluding tert-OH is 1. The number of aromatic nitrogens is 3. The van der Waals surface area contributed by atoms with Crippen molar-refractivity contribution in [2.45, 2.75) is 20.1 Å². The first-order valence-electron chi connectivity index (χ1n) is 4.26. The molecule has 0 aliphatic carbocycles. The van der Waals surface area contributed by atoms with E-state index in [0.29, 0.717) is 6.54 Å². The van der Waals surface area contributed by atoms with Crippen LogP contribution in [0.3, 0.4) is 0 Å². The predicted octanol–water partition coefficient (Wildman–Crippen LogP) is -0.799. The molecule has 0 spiro atoms. The molecule has 0 saturated carbocycles. The topological polar surface area (TPSA) is 114 Å². The molecule has 1 aromatic rings. The average Bonchev–Trinajstić information content (AvgIpc) is 2.02. The Morgan fingerprint density at radius 1 is 1.29 bits per heavy atom. The van der Waals surface area contributed by atoms with Crippen molar-refractivity contribution < 1.29 is 5.11 Å². The first kappa shape index (κ1) is 10.5. The van der Waals surface area contributed by atoms with Gasteiger partial charge in [-0.05, 0) is 13.8 Å². The molecule has 0 amide bonds. The summed E-state index contributed by atoms with van der Waals surface area (Å²) in [5.41, 5.74) is 10.8. The van der Waals surface area contributed by atoms with Crippen LogP contribution in [-0.4, -0.2) is 32.8 Å². The fourth-order valence-corrected chi connectivity index (χ4v) is 1.10. The molecule has 0 saturated heterocycles. The largest absolute Gasteiger partial charge is 0.374 e. The van der Waals surface area contributed by atoms with Gasteiger partial charge in [-0.3, -0.25) is 0 Å². The van der Waals surface area contributed by atoms with Crippen molar-refractivity contribution in [3.63, 3.8) is 0 Å². The van der Waals surface area contributed by atoms with Crippen LogP contribution in [0.2, 0.25) is 0 Å². The number of aliphatic hydroxyl groups is 1. The van der Waals surface area contributed by atoms with Gasteiger partial charge in [0.2, 0.25) is 17.8 Å². The number of nitrogen functional groups attached to an aromatic ring is 2. The van der Waals surface area contributed by atoms with E-state index in [1.807, 2.05) is 6.92 Å². The molecule has 1 rings (SSSR count). The summed E-state index contributed by atoms with van der Waals surface area (Å²) >= 11 is 0. The Bertz CT molecular complexity index is 295. The number of rotatable bonds is 3. The lowest BCUT2D eigenvalue weighted by Gasteiger charge is -2.23. The van der Waals surface area contributed by atoms with E-state index < -0.39 is 6.23 Å². The minimum atomic E-state index is -0.693. The second-order valence-electron chi connectivity index (χ2n) is 2.77. The number of nitrogens with two attached hydrogens (primary N) is 2. The summed E-state index contributed by atoms with van der Waals surface area (Å²) in [6.45, 7) is 4.03. The molecular formula is C7H14N6O. The fraction of sp³-hybridized carbons (Fsp3) is 0.571. The normalized spacial score (nSPS) is 12.5. The molecule has 0 radical (unpaired) electrons. The Labute approximate surface area is 81.8 Å². The zero-order valence-electron chi connectivity index (χ0n) is 8.18. The van der Waals surface area contributed by atoms with Gasteiger partial charge < -0.3 is 21.5 Å². The smallest absolute Gasteiger partial charge is 0.233 e. The minimum Gasteiger partial charge on any atom is -0.374 e. The van der Waals surface area contributed by atoms with Crippen LogP contribution in [0.5, 0.6) is 0 Å². The molecule has 1 aromatic heterocycles. The number of anilines is 3. The second-order valence-corrected chi connectivity index (χ2v) is 2.77. The van der Waals surface area contributed by atoms with E-state index in [0.717, 1.165) is 0 Å². The van der Waals surface area contributed by atoms with Crippen LogP contribution in [0, 0.1) is 0 Å². The van der Waals surface area contributed by atoms with Gasteiger partial charge in [0.05, 0.1) is 0 Å². The summed E-state index contributed by atoms with van der Waals surface area (Å²) in [4.78, 5) is 12.9. The quantitative estimate of drug-likeness (QED) is 0.545. The van der Waals surface area contributed by atoms with Crippen molar-refractivity contribution in [2.75, 3.05) is 22.9 Å². The molecule has 1 unspecified atom stereocenters. The Hall–Kier alpha value is -1.63. The molecule has 78 valence electrons. The molecule has 7 heteroatoms. The van der Waals surface area contributed by atoms with Crippen molar-refractivity contribution in [3.8, 4) is 0 Å². The third-order valence-corrected chi connectivity index (χ3v) is 1.71. The van der Waals surface area contributed by atoms with Crippen molar-refractivity contribution in [1.82, 2.24) is 15.0 Å². The third-order valence-electron chi connectivity index (χ3n) is 1.71. The zero-order chi connectivity index (χ0) is 10.7. The van der Waals surface area contributed by atoms with Gasteiger partial charge in [-0.25, -0.2) is 0 Å². The van der Waals surface area contributed by atoms with Gasteiger partial charge >= 0.3 is 0 Å². The summed E-state index contributed by atoms with van der Waals surface area (Å²) < 4.78 is 0. The number of hydrogen-bond donors (Lipinski definition) is 3. The van der Waals surface area contributed by atoms with E-state index in [9.17, 15) is 5.11 Å². The number of nitrogens with zero attached hydrogens (tertiary/aromatic N) is 4. The van der Waals surface area contributed by atoms with Gasteiger partial charge in [0, 0.05) is 6.54 Å². The maximum absolute atomic E-state index is 9.39. The first-order chi connectivity index (χ1) is 6.54. The second kappa shape index (κ2) is 4.05. The van der Waals surface area contributed by atoms with E-state index in [2.05, 4.69) is 15.0 Å². The van der Waals surface area contributed by atoms with Gasteiger partial charge in [0.25, 0.3) is 0 Å².